The number of hydrogen-bond donors (Lipinski definition) is 0. The van der Waals surface area contributed by atoms with Crippen LogP contribution in [0.3, 0.4) is 0 Å². The first-order valence-corrected chi connectivity index (χ1v) is 6.98. The molecular weight excluding hydrogens is 234 g/mol. The fraction of sp³-hybridized carbons (Fsp3) is 0.615. The highest BCUT2D eigenvalue weighted by molar-refractivity contribution is 7.09. The summed E-state index contributed by atoms with van der Waals surface area (Å²) in [7, 11) is 1.48. The van der Waals surface area contributed by atoms with Gasteiger partial charge in [-0.2, -0.15) is 0 Å². The first-order valence-electron chi connectivity index (χ1n) is 6.10. The molecule has 0 bridgehead atoms. The minimum atomic E-state index is -0.0779. The standard InChI is InChI=1S/C13H19NO2S/c1-3-14(9-11-5-4-8-17-11)12(10-6-7-10)13(15)16-2/h4-5,8,10,12H,3,6-7,9H2,1-2H3. The van der Waals surface area contributed by atoms with Crippen LogP contribution in [0.4, 0.5) is 0 Å². The Bertz CT molecular complexity index is 360. The summed E-state index contributed by atoms with van der Waals surface area (Å²) in [4.78, 5) is 15.4. The molecule has 17 heavy (non-hydrogen) atoms. The number of esters is 1. The maximum Gasteiger partial charge on any atom is 0.323 e. The first kappa shape index (κ1) is 12.6. The third-order valence-electron chi connectivity index (χ3n) is 3.25. The highest BCUT2D eigenvalue weighted by atomic mass is 32.1. The van der Waals surface area contributed by atoms with Crippen LogP contribution >= 0.6 is 11.3 Å². The number of methoxy groups -OCH3 is 1. The van der Waals surface area contributed by atoms with Crippen molar-refractivity contribution in [2.24, 2.45) is 5.92 Å². The summed E-state index contributed by atoms with van der Waals surface area (Å²) in [5.41, 5.74) is 0. The van der Waals surface area contributed by atoms with Gasteiger partial charge in [0.1, 0.15) is 6.04 Å². The van der Waals surface area contributed by atoms with Gasteiger partial charge < -0.3 is 4.74 Å². The lowest BCUT2D eigenvalue weighted by atomic mass is 10.1. The third-order valence-corrected chi connectivity index (χ3v) is 4.11. The van der Waals surface area contributed by atoms with Crippen LogP contribution in [0.2, 0.25) is 0 Å². The van der Waals surface area contributed by atoms with E-state index in [9.17, 15) is 4.79 Å². The van der Waals surface area contributed by atoms with Crippen LogP contribution in [-0.2, 0) is 16.1 Å². The summed E-state index contributed by atoms with van der Waals surface area (Å²) < 4.78 is 4.94. The van der Waals surface area contributed by atoms with Crippen molar-refractivity contribution >= 4 is 17.3 Å². The van der Waals surface area contributed by atoms with Crippen LogP contribution in [0.5, 0.6) is 0 Å². The molecule has 4 heteroatoms. The fourth-order valence-corrected chi connectivity index (χ4v) is 2.91. The molecule has 1 atom stereocenters. The minimum absolute atomic E-state index is 0.0490. The lowest BCUT2D eigenvalue weighted by Crippen LogP contribution is -2.42. The second-order valence-electron chi connectivity index (χ2n) is 4.45. The van der Waals surface area contributed by atoms with E-state index in [1.165, 1.54) is 12.0 Å². The molecule has 1 heterocycles. The van der Waals surface area contributed by atoms with Gasteiger partial charge in [0.2, 0.25) is 0 Å². The molecule has 0 saturated heterocycles. The van der Waals surface area contributed by atoms with Crippen molar-refractivity contribution < 1.29 is 9.53 Å². The summed E-state index contributed by atoms with van der Waals surface area (Å²) in [6.45, 7) is 3.84. The van der Waals surface area contributed by atoms with E-state index in [1.807, 2.05) is 0 Å². The second-order valence-corrected chi connectivity index (χ2v) is 5.48. The van der Waals surface area contributed by atoms with Gasteiger partial charge in [-0.1, -0.05) is 13.0 Å². The van der Waals surface area contributed by atoms with Crippen LogP contribution in [0.15, 0.2) is 17.5 Å². The predicted molar refractivity (Wildman–Crippen MR) is 68.9 cm³/mol. The van der Waals surface area contributed by atoms with Gasteiger partial charge in [-0.15, -0.1) is 11.3 Å². The summed E-state index contributed by atoms with van der Waals surface area (Å²) in [6, 6.07) is 4.12. The van der Waals surface area contributed by atoms with Crippen molar-refractivity contribution in [3.8, 4) is 0 Å². The lowest BCUT2D eigenvalue weighted by Gasteiger charge is -2.28. The maximum absolute atomic E-state index is 11.9. The Morgan fingerprint density at radius 3 is 2.88 bits per heavy atom. The zero-order chi connectivity index (χ0) is 12.3. The molecule has 2 rings (SSSR count). The number of likely N-dealkylation sites (N-methyl/N-ethyl adjacent to an activating group) is 1. The Labute approximate surface area is 106 Å². The van der Waals surface area contributed by atoms with E-state index in [2.05, 4.69) is 29.3 Å². The quantitative estimate of drug-likeness (QED) is 0.730. The Balaban J connectivity index is 2.06. The van der Waals surface area contributed by atoms with Gasteiger partial charge in [0.05, 0.1) is 7.11 Å². The molecule has 0 spiro atoms. The fourth-order valence-electron chi connectivity index (χ4n) is 2.18. The number of ether oxygens (including phenoxy) is 1. The van der Waals surface area contributed by atoms with E-state index in [0.717, 1.165) is 25.9 Å². The molecule has 1 unspecified atom stereocenters. The van der Waals surface area contributed by atoms with Crippen LogP contribution in [0.25, 0.3) is 0 Å². The molecule has 1 aromatic rings. The number of hydrogen-bond acceptors (Lipinski definition) is 4. The molecule has 3 nitrogen and oxygen atoms in total. The largest absolute Gasteiger partial charge is 0.468 e. The summed E-state index contributed by atoms with van der Waals surface area (Å²) in [5.74, 6) is 0.424. The number of carbonyl (C=O) groups excluding carboxylic acids is 1. The zero-order valence-corrected chi connectivity index (χ0v) is 11.2. The Morgan fingerprint density at radius 2 is 2.41 bits per heavy atom. The van der Waals surface area contributed by atoms with Gasteiger partial charge in [-0.05, 0) is 36.8 Å². The maximum atomic E-state index is 11.9. The highest BCUT2D eigenvalue weighted by Gasteiger charge is 2.40. The molecule has 0 radical (unpaired) electrons. The predicted octanol–water partition coefficient (Wildman–Crippen LogP) is 2.52. The van der Waals surface area contributed by atoms with Crippen molar-refractivity contribution in [1.82, 2.24) is 4.90 Å². The van der Waals surface area contributed by atoms with Crippen LogP contribution in [0.1, 0.15) is 24.6 Å². The zero-order valence-electron chi connectivity index (χ0n) is 10.4. The minimum Gasteiger partial charge on any atom is -0.468 e. The van der Waals surface area contributed by atoms with E-state index in [4.69, 9.17) is 4.74 Å². The molecule has 0 amide bonds. The lowest BCUT2D eigenvalue weighted by molar-refractivity contribution is -0.148. The molecule has 0 N–H and O–H groups in total. The smallest absolute Gasteiger partial charge is 0.323 e. The SMILES string of the molecule is CCN(Cc1cccs1)C(C(=O)OC)C1CC1. The highest BCUT2D eigenvalue weighted by Crippen LogP contribution is 2.36. The van der Waals surface area contributed by atoms with Crippen LogP contribution < -0.4 is 0 Å². The van der Waals surface area contributed by atoms with Crippen molar-refractivity contribution in [2.75, 3.05) is 13.7 Å². The average Bonchev–Trinajstić information content (AvgIpc) is 3.04. The second kappa shape index (κ2) is 5.65. The van der Waals surface area contributed by atoms with Gasteiger partial charge in [-0.3, -0.25) is 9.69 Å². The van der Waals surface area contributed by atoms with Gasteiger partial charge in [-0.25, -0.2) is 0 Å². The summed E-state index contributed by atoms with van der Waals surface area (Å²) >= 11 is 1.74. The Morgan fingerprint density at radius 1 is 1.65 bits per heavy atom. The van der Waals surface area contributed by atoms with E-state index in [-0.39, 0.29) is 12.0 Å². The third kappa shape index (κ3) is 3.07. The number of rotatable bonds is 6. The number of nitrogens with zero attached hydrogens (tertiary/aromatic N) is 1. The van der Waals surface area contributed by atoms with E-state index in [1.54, 1.807) is 11.3 Å². The van der Waals surface area contributed by atoms with Gasteiger partial charge in [0.15, 0.2) is 0 Å². The van der Waals surface area contributed by atoms with Crippen molar-refractivity contribution in [3.05, 3.63) is 22.4 Å². The molecular formula is C13H19NO2S. The number of thiophene rings is 1. The topological polar surface area (TPSA) is 29.5 Å². The molecule has 94 valence electrons. The molecule has 0 aliphatic heterocycles. The Kier molecular flexibility index (Phi) is 4.18. The van der Waals surface area contributed by atoms with Crippen LogP contribution in [0, 0.1) is 5.92 Å². The molecule has 1 saturated carbocycles. The van der Waals surface area contributed by atoms with Gasteiger partial charge in [0, 0.05) is 11.4 Å². The molecule has 0 aromatic carbocycles. The van der Waals surface area contributed by atoms with E-state index < -0.39 is 0 Å². The average molecular weight is 253 g/mol. The monoisotopic (exact) mass is 253 g/mol. The first-order chi connectivity index (χ1) is 8.26. The Hall–Kier alpha value is -0.870. The van der Waals surface area contributed by atoms with E-state index in [0.29, 0.717) is 5.92 Å². The molecule has 1 aliphatic rings. The van der Waals surface area contributed by atoms with Crippen molar-refractivity contribution in [3.63, 3.8) is 0 Å². The van der Waals surface area contributed by atoms with Gasteiger partial charge in [0.25, 0.3) is 0 Å². The molecule has 1 fully saturated rings. The van der Waals surface area contributed by atoms with E-state index >= 15 is 0 Å². The van der Waals surface area contributed by atoms with Crippen molar-refractivity contribution in [2.45, 2.75) is 32.4 Å². The normalized spacial score (nSPS) is 17.1. The van der Waals surface area contributed by atoms with Crippen molar-refractivity contribution in [1.29, 1.82) is 0 Å². The summed E-state index contributed by atoms with van der Waals surface area (Å²) in [5, 5.41) is 2.08. The molecule has 1 aliphatic carbocycles. The van der Waals surface area contributed by atoms with Crippen LogP contribution in [-0.4, -0.2) is 30.6 Å². The van der Waals surface area contributed by atoms with Gasteiger partial charge >= 0.3 is 5.97 Å². The summed E-state index contributed by atoms with van der Waals surface area (Å²) in [6.07, 6.45) is 2.31. The number of carbonyl (C=O) groups is 1. The molecule has 1 aromatic heterocycles.